The maximum Gasteiger partial charge on any atom is 0.408 e. The molecule has 2 aromatic rings. The number of nitrogens with zero attached hydrogens (tertiary/aromatic N) is 2. The van der Waals surface area contributed by atoms with Crippen molar-refractivity contribution in [2.24, 2.45) is 5.41 Å². The Morgan fingerprint density at radius 2 is 1.71 bits per heavy atom. The minimum atomic E-state index is -4.27. The van der Waals surface area contributed by atoms with Crippen LogP contribution in [-0.2, 0) is 19.6 Å². The third kappa shape index (κ3) is 6.89. The van der Waals surface area contributed by atoms with Crippen LogP contribution in [-0.4, -0.2) is 55.2 Å². The molecular formula is C33H43ClN4O6S. The second-order valence-corrected chi connectivity index (χ2v) is 16.7. The molecule has 1 saturated heterocycles. The fourth-order valence-electron chi connectivity index (χ4n) is 6.83. The molecule has 12 heteroatoms. The van der Waals surface area contributed by atoms with E-state index in [0.717, 1.165) is 18.4 Å². The van der Waals surface area contributed by atoms with Gasteiger partial charge >= 0.3 is 6.09 Å². The number of rotatable bonds is 8. The highest BCUT2D eigenvalue weighted by atomic mass is 35.5. The van der Waals surface area contributed by atoms with Gasteiger partial charge in [0.2, 0.25) is 0 Å². The van der Waals surface area contributed by atoms with Crippen LogP contribution < -0.4 is 19.7 Å². The highest BCUT2D eigenvalue weighted by Crippen LogP contribution is 2.63. The Morgan fingerprint density at radius 1 is 1.02 bits per heavy atom. The molecule has 3 aliphatic carbocycles. The number of nitrogens with one attached hydrogen (secondary N) is 2. The molecule has 2 N–H and O–H groups in total. The Hall–Kier alpha value is -3.05. The van der Waals surface area contributed by atoms with E-state index in [-0.39, 0.29) is 5.03 Å². The molecule has 4 fully saturated rings. The Morgan fingerprint density at radius 3 is 2.31 bits per heavy atom. The summed E-state index contributed by atoms with van der Waals surface area (Å²) in [6.45, 7) is 8.53. The van der Waals surface area contributed by atoms with Crippen LogP contribution in [0.3, 0.4) is 0 Å². The van der Waals surface area contributed by atoms with Crippen LogP contribution in [0.5, 0.6) is 5.75 Å². The lowest BCUT2D eigenvalue weighted by atomic mass is 9.50. The number of piperidine rings is 1. The number of carbonyl (C=O) groups is 2. The van der Waals surface area contributed by atoms with Crippen LogP contribution in [0, 0.1) is 5.41 Å². The van der Waals surface area contributed by atoms with Crippen LogP contribution in [0.4, 0.5) is 10.6 Å². The zero-order chi connectivity index (χ0) is 32.3. The van der Waals surface area contributed by atoms with E-state index in [4.69, 9.17) is 21.1 Å². The van der Waals surface area contributed by atoms with Gasteiger partial charge in [-0.1, -0.05) is 30.2 Å². The Kier molecular flexibility index (Phi) is 8.04. The number of amides is 2. The molecule has 0 atom stereocenters. The number of ether oxygens (including phenoxy) is 2. The largest absolute Gasteiger partial charge is 0.477 e. The second-order valence-electron chi connectivity index (χ2n) is 14.7. The standard InChI is InChI=1S/C33H43ClN4O6S/c1-30(2,3)44-29(40)36-31(4)15-17-38(18-16-31)26-7-5-8-27(35-26)45(41,42)37-28(39)33(13-14-33)43-25-19-23(34)9-10-24(25)22-20-32(21-22)11-6-12-32/h5,7-10,19,22H,6,11-18,20-21H2,1-4H3,(H,36,40)(H,37,39). The smallest absolute Gasteiger partial charge is 0.408 e. The van der Waals surface area contributed by atoms with E-state index in [1.165, 1.54) is 25.3 Å². The van der Waals surface area contributed by atoms with E-state index < -0.39 is 38.8 Å². The lowest BCUT2D eigenvalue weighted by Crippen LogP contribution is -2.54. The molecule has 1 spiro atoms. The number of carbonyl (C=O) groups excluding carboxylic acids is 2. The van der Waals surface area contributed by atoms with Gasteiger partial charge in [-0.3, -0.25) is 4.79 Å². The van der Waals surface area contributed by atoms with Gasteiger partial charge in [0.05, 0.1) is 0 Å². The number of pyridine rings is 1. The maximum atomic E-state index is 13.4. The van der Waals surface area contributed by atoms with Crippen molar-refractivity contribution in [1.82, 2.24) is 15.0 Å². The molecule has 6 rings (SSSR count). The second kappa shape index (κ2) is 11.3. The summed E-state index contributed by atoms with van der Waals surface area (Å²) in [4.78, 5) is 32.2. The van der Waals surface area contributed by atoms with Crippen molar-refractivity contribution in [2.75, 3.05) is 18.0 Å². The first-order chi connectivity index (χ1) is 21.1. The van der Waals surface area contributed by atoms with Gasteiger partial charge in [0, 0.05) is 36.5 Å². The lowest BCUT2D eigenvalue weighted by molar-refractivity contribution is -0.128. The first-order valence-corrected chi connectivity index (χ1v) is 17.7. The summed E-state index contributed by atoms with van der Waals surface area (Å²) in [6.07, 6.45) is 7.65. The lowest BCUT2D eigenvalue weighted by Gasteiger charge is -2.54. The zero-order valence-corrected chi connectivity index (χ0v) is 28.0. The molecule has 0 unspecified atom stereocenters. The molecule has 2 heterocycles. The Bertz CT molecular complexity index is 1580. The van der Waals surface area contributed by atoms with E-state index in [1.54, 1.807) is 18.2 Å². The highest BCUT2D eigenvalue weighted by Gasteiger charge is 2.55. The van der Waals surface area contributed by atoms with Gasteiger partial charge in [-0.05, 0) is 107 Å². The summed E-state index contributed by atoms with van der Waals surface area (Å²) in [5.74, 6) is 0.694. The SMILES string of the molecule is CC1(NC(=O)OC(C)(C)C)CCN(c2cccc(S(=O)(=O)NC(=O)C3(Oc4cc(Cl)ccc4C4CC5(CCC5)C4)CC3)n2)CC1. The third-order valence-corrected chi connectivity index (χ3v) is 11.3. The molecular weight excluding hydrogens is 616 g/mol. The van der Waals surface area contributed by atoms with E-state index in [9.17, 15) is 18.0 Å². The summed E-state index contributed by atoms with van der Waals surface area (Å²) < 4.78 is 40.7. The van der Waals surface area contributed by atoms with Crippen LogP contribution in [0.2, 0.25) is 5.02 Å². The minimum Gasteiger partial charge on any atom is -0.477 e. The van der Waals surface area contributed by atoms with Crippen LogP contribution in [0.15, 0.2) is 41.4 Å². The molecule has 244 valence electrons. The summed E-state index contributed by atoms with van der Waals surface area (Å²) in [6, 6.07) is 10.3. The molecule has 0 bridgehead atoms. The summed E-state index contributed by atoms with van der Waals surface area (Å²) >= 11 is 6.32. The van der Waals surface area contributed by atoms with Crippen LogP contribution >= 0.6 is 11.6 Å². The van der Waals surface area contributed by atoms with Crippen LogP contribution in [0.1, 0.15) is 97.0 Å². The van der Waals surface area contributed by atoms with Gasteiger partial charge in [-0.25, -0.2) is 14.5 Å². The molecule has 0 radical (unpaired) electrons. The van der Waals surface area contributed by atoms with Gasteiger partial charge in [-0.15, -0.1) is 0 Å². The number of anilines is 1. The zero-order valence-electron chi connectivity index (χ0n) is 26.4. The number of aromatic nitrogens is 1. The molecule has 1 aliphatic heterocycles. The number of hydrogen-bond donors (Lipinski definition) is 2. The average molecular weight is 659 g/mol. The van der Waals surface area contributed by atoms with E-state index in [1.807, 2.05) is 44.7 Å². The van der Waals surface area contributed by atoms with Crippen molar-refractivity contribution < 1.29 is 27.5 Å². The van der Waals surface area contributed by atoms with Gasteiger partial charge in [0.1, 0.15) is 17.2 Å². The summed E-state index contributed by atoms with van der Waals surface area (Å²) in [5.41, 5.74) is -0.815. The maximum absolute atomic E-state index is 13.4. The Labute approximate surface area is 270 Å². The van der Waals surface area contributed by atoms with Crippen molar-refractivity contribution in [3.8, 4) is 5.75 Å². The monoisotopic (exact) mass is 658 g/mol. The third-order valence-electron chi connectivity index (χ3n) is 9.82. The van der Waals surface area contributed by atoms with Crippen molar-refractivity contribution in [1.29, 1.82) is 0 Å². The summed E-state index contributed by atoms with van der Waals surface area (Å²) in [5, 5.41) is 3.24. The van der Waals surface area contributed by atoms with E-state index >= 15 is 0 Å². The highest BCUT2D eigenvalue weighted by molar-refractivity contribution is 7.90. The fraction of sp³-hybridized carbons (Fsp3) is 0.606. The van der Waals surface area contributed by atoms with Crippen molar-refractivity contribution in [2.45, 2.75) is 113 Å². The van der Waals surface area contributed by atoms with Crippen molar-refractivity contribution in [3.63, 3.8) is 0 Å². The quantitative estimate of drug-likeness (QED) is 0.349. The van der Waals surface area contributed by atoms with Crippen LogP contribution in [0.25, 0.3) is 0 Å². The fourth-order valence-corrected chi connectivity index (χ4v) is 7.99. The van der Waals surface area contributed by atoms with E-state index in [0.29, 0.717) is 66.7 Å². The normalized spacial score (nSPS) is 21.7. The molecule has 1 aromatic carbocycles. The number of benzene rings is 1. The average Bonchev–Trinajstić information content (AvgIpc) is 3.68. The van der Waals surface area contributed by atoms with E-state index in [2.05, 4.69) is 15.0 Å². The number of sulfonamides is 1. The van der Waals surface area contributed by atoms with Crippen molar-refractivity contribution in [3.05, 3.63) is 47.0 Å². The van der Waals surface area contributed by atoms with Crippen molar-refractivity contribution >= 4 is 39.4 Å². The van der Waals surface area contributed by atoms with Gasteiger partial charge < -0.3 is 19.7 Å². The van der Waals surface area contributed by atoms with Gasteiger partial charge in [-0.2, -0.15) is 8.42 Å². The molecule has 4 aliphatic rings. The molecule has 10 nitrogen and oxygen atoms in total. The van der Waals surface area contributed by atoms with Gasteiger partial charge in [0.15, 0.2) is 10.6 Å². The minimum absolute atomic E-state index is 0.243. The molecule has 2 amide bonds. The Balaban J connectivity index is 1.09. The molecule has 45 heavy (non-hydrogen) atoms. The molecule has 1 aromatic heterocycles. The number of hydrogen-bond acceptors (Lipinski definition) is 8. The first-order valence-electron chi connectivity index (χ1n) is 15.9. The topological polar surface area (TPSA) is 127 Å². The number of alkyl carbamates (subject to hydrolysis) is 1. The molecule has 3 saturated carbocycles. The number of halogens is 1. The predicted octanol–water partition coefficient (Wildman–Crippen LogP) is 6.08. The first kappa shape index (κ1) is 31.9. The summed E-state index contributed by atoms with van der Waals surface area (Å²) in [7, 11) is -4.27. The van der Waals surface area contributed by atoms with Gasteiger partial charge in [0.25, 0.3) is 15.9 Å². The predicted molar refractivity (Wildman–Crippen MR) is 171 cm³/mol.